The van der Waals surface area contributed by atoms with Crippen LogP contribution in [0.4, 0.5) is 0 Å². The quantitative estimate of drug-likeness (QED) is 0.0625. The monoisotopic (exact) mass is 1080 g/mol. The summed E-state index contributed by atoms with van der Waals surface area (Å²) in [6.07, 6.45) is 1.01. The number of likely N-dealkylation sites (tertiary alicyclic amines) is 1. The van der Waals surface area contributed by atoms with Crippen LogP contribution in [0.15, 0.2) is 65.2 Å². The Morgan fingerprint density at radius 2 is 1.61 bits per heavy atom. The number of hydrogen-bond donors (Lipinski definition) is 4. The lowest BCUT2D eigenvalue weighted by atomic mass is 9.85. The van der Waals surface area contributed by atoms with Crippen molar-refractivity contribution in [1.82, 2.24) is 55.6 Å². The molecule has 6 aromatic rings. The van der Waals surface area contributed by atoms with Crippen LogP contribution < -0.4 is 16.0 Å². The van der Waals surface area contributed by atoms with Crippen molar-refractivity contribution in [2.24, 2.45) is 10.4 Å². The van der Waals surface area contributed by atoms with Crippen LogP contribution >= 0.6 is 34.3 Å². The molecule has 0 spiro atoms. The molecule has 4 amide bonds. The number of amides is 4. The van der Waals surface area contributed by atoms with Crippen LogP contribution in [0, 0.1) is 33.1 Å². The Morgan fingerprint density at radius 3 is 2.33 bits per heavy atom. The van der Waals surface area contributed by atoms with Crippen LogP contribution in [-0.2, 0) is 53.1 Å². The largest absolute Gasteiger partial charge is 0.391 e. The summed E-state index contributed by atoms with van der Waals surface area (Å²) in [7, 11) is 0. The van der Waals surface area contributed by atoms with Crippen molar-refractivity contribution in [3.05, 3.63) is 115 Å². The second-order valence-electron chi connectivity index (χ2n) is 19.6. The van der Waals surface area contributed by atoms with Crippen LogP contribution in [0.25, 0.3) is 15.4 Å². The Hall–Kier alpha value is -6.27. The molecule has 4 N–H and O–H groups in total. The van der Waals surface area contributed by atoms with E-state index in [0.29, 0.717) is 29.6 Å². The molecule has 0 bridgehead atoms. The number of ether oxygens (including phenoxy) is 3. The molecule has 0 radical (unpaired) electrons. The number of nitrogens with one attached hydrogen (secondary N) is 3. The second-order valence-corrected chi connectivity index (χ2v) is 22.1. The molecule has 0 aliphatic carbocycles. The smallest absolute Gasteiger partial charge is 0.246 e. The SMILES string of the molecule is Cc1ncsc1-c1ccc(CNC(=O)C2CC(O)CN2C(=O)C(NC(=O)COCCOCCOCc2cn(CCNC(=O)CC3N=C(c4ccc(Cl)cc4)c4c(sc(C)c4C)-n4c(C)nnc43)nn2)C(C)(C)C)cc1. The maximum atomic E-state index is 14.0. The number of carbonyl (C=O) groups excluding carboxylic acids is 4. The standard InChI is InChI=1S/C52H63ClN12O8S2/c1-30-32(3)75-51-44(30)45(35-12-14-37(53)15-13-35)57-40(48-61-59-33(4)65(48)51)23-42(67)54-16-17-63-25-38(60-62-63)27-72-20-18-71-19-21-73-28-43(68)58-47(52(5,6)7)50(70)64-26-39(66)22-41(64)49(69)55-24-34-8-10-36(11-9-34)46-31(2)56-29-74-46/h8-15,25,29,39-41,47,66H,16-24,26-28H2,1-7H3,(H,54,67)(H,55,69)(H,58,68). The van der Waals surface area contributed by atoms with E-state index in [-0.39, 0.29) is 77.4 Å². The first-order valence-corrected chi connectivity index (χ1v) is 26.8. The van der Waals surface area contributed by atoms with E-state index in [1.165, 1.54) is 4.90 Å². The van der Waals surface area contributed by atoms with Gasteiger partial charge in [-0.05, 0) is 61.9 Å². The molecule has 8 rings (SSSR count). The summed E-state index contributed by atoms with van der Waals surface area (Å²) in [5, 5.41) is 38.1. The minimum atomic E-state index is -0.985. The molecule has 2 aliphatic heterocycles. The molecular weight excluding hydrogens is 1020 g/mol. The summed E-state index contributed by atoms with van der Waals surface area (Å²) in [6.45, 7) is 15.2. The number of aliphatic hydroxyl groups is 1. The van der Waals surface area contributed by atoms with Crippen LogP contribution in [0.3, 0.4) is 0 Å². The zero-order valence-electron chi connectivity index (χ0n) is 43.1. The number of thiazole rings is 1. The lowest BCUT2D eigenvalue weighted by Crippen LogP contribution is -2.58. The number of aliphatic imine (C=N–C) groups is 1. The predicted octanol–water partition coefficient (Wildman–Crippen LogP) is 5.39. The number of β-amino-alcohol motifs (C(OH)–C–C–N with tert-alkyl or cyclic N) is 1. The van der Waals surface area contributed by atoms with Crippen molar-refractivity contribution in [2.75, 3.05) is 46.1 Å². The number of aromatic nitrogens is 7. The molecule has 1 saturated heterocycles. The summed E-state index contributed by atoms with van der Waals surface area (Å²) in [5.41, 5.74) is 8.37. The number of nitrogens with zero attached hydrogens (tertiary/aromatic N) is 9. The number of benzene rings is 2. The van der Waals surface area contributed by atoms with Gasteiger partial charge in [0.2, 0.25) is 23.6 Å². The fraction of sp³-hybridized carbons (Fsp3) is 0.462. The minimum Gasteiger partial charge on any atom is -0.391 e. The number of halogens is 1. The third kappa shape index (κ3) is 13.6. The van der Waals surface area contributed by atoms with Gasteiger partial charge in [0, 0.05) is 47.1 Å². The van der Waals surface area contributed by atoms with Crippen LogP contribution in [0.5, 0.6) is 0 Å². The van der Waals surface area contributed by atoms with E-state index >= 15 is 0 Å². The van der Waals surface area contributed by atoms with E-state index in [4.69, 9.17) is 30.8 Å². The molecule has 2 aromatic carbocycles. The van der Waals surface area contributed by atoms with E-state index < -0.39 is 41.5 Å². The Morgan fingerprint density at radius 1 is 0.893 bits per heavy atom. The molecular formula is C52H63ClN12O8S2. The highest BCUT2D eigenvalue weighted by atomic mass is 35.5. The number of rotatable bonds is 22. The van der Waals surface area contributed by atoms with Gasteiger partial charge in [-0.1, -0.05) is 74.0 Å². The average Bonchev–Trinajstić information content (AvgIpc) is 4.23. The predicted molar refractivity (Wildman–Crippen MR) is 284 cm³/mol. The highest BCUT2D eigenvalue weighted by Gasteiger charge is 2.44. The van der Waals surface area contributed by atoms with E-state index in [1.54, 1.807) is 33.6 Å². The van der Waals surface area contributed by atoms with Gasteiger partial charge < -0.3 is 40.2 Å². The average molecular weight is 1080 g/mol. The van der Waals surface area contributed by atoms with Gasteiger partial charge in [-0.2, -0.15) is 0 Å². The second kappa shape index (κ2) is 24.6. The van der Waals surface area contributed by atoms with Gasteiger partial charge in [-0.15, -0.1) is 38.0 Å². The van der Waals surface area contributed by atoms with Gasteiger partial charge in [0.1, 0.15) is 41.3 Å². The highest BCUT2D eigenvalue weighted by molar-refractivity contribution is 7.15. The van der Waals surface area contributed by atoms with Gasteiger partial charge >= 0.3 is 0 Å². The fourth-order valence-corrected chi connectivity index (χ4v) is 11.0. The summed E-state index contributed by atoms with van der Waals surface area (Å²) in [4.78, 5) is 67.0. The molecule has 4 unspecified atom stereocenters. The number of fused-ring (bicyclic) bond motifs is 3. The van der Waals surface area contributed by atoms with Gasteiger partial charge in [0.15, 0.2) is 5.82 Å². The van der Waals surface area contributed by atoms with E-state index in [2.05, 4.69) is 55.3 Å². The van der Waals surface area contributed by atoms with Gasteiger partial charge in [0.05, 0.1) is 80.1 Å². The van der Waals surface area contributed by atoms with Crippen molar-refractivity contribution < 1.29 is 38.5 Å². The third-order valence-electron chi connectivity index (χ3n) is 12.9. The molecule has 23 heteroatoms. The molecule has 398 valence electrons. The van der Waals surface area contributed by atoms with Gasteiger partial charge in [-0.25, -0.2) is 4.98 Å². The summed E-state index contributed by atoms with van der Waals surface area (Å²) in [5.74, 6) is -0.218. The first-order valence-electron chi connectivity index (χ1n) is 24.8. The highest BCUT2D eigenvalue weighted by Crippen LogP contribution is 2.40. The molecule has 2 aliphatic rings. The van der Waals surface area contributed by atoms with E-state index in [0.717, 1.165) is 59.8 Å². The molecule has 4 aromatic heterocycles. The summed E-state index contributed by atoms with van der Waals surface area (Å²) < 4.78 is 20.5. The zero-order chi connectivity index (χ0) is 53.4. The van der Waals surface area contributed by atoms with Crippen LogP contribution in [0.2, 0.25) is 5.02 Å². The fourth-order valence-electron chi connectivity index (χ4n) is 8.87. The number of thiophene rings is 1. The molecule has 75 heavy (non-hydrogen) atoms. The summed E-state index contributed by atoms with van der Waals surface area (Å²) in [6, 6.07) is 12.9. The Kier molecular flexibility index (Phi) is 18.0. The van der Waals surface area contributed by atoms with Crippen molar-refractivity contribution >= 4 is 63.6 Å². The molecule has 20 nitrogen and oxygen atoms in total. The molecule has 6 heterocycles. The zero-order valence-corrected chi connectivity index (χ0v) is 45.5. The maximum Gasteiger partial charge on any atom is 0.246 e. The molecule has 1 fully saturated rings. The normalized spacial score (nSPS) is 16.7. The Bertz CT molecular complexity index is 3000. The van der Waals surface area contributed by atoms with Gasteiger partial charge in [-0.3, -0.25) is 33.4 Å². The lowest BCUT2D eigenvalue weighted by molar-refractivity contribution is -0.144. The lowest BCUT2D eigenvalue weighted by Gasteiger charge is -2.35. The number of aryl methyl sites for hydroxylation is 3. The van der Waals surface area contributed by atoms with Crippen molar-refractivity contribution in [1.29, 1.82) is 0 Å². The molecule has 4 atom stereocenters. The molecule has 0 saturated carbocycles. The number of aliphatic hydroxyl groups excluding tert-OH is 1. The van der Waals surface area contributed by atoms with Crippen molar-refractivity contribution in [3.8, 4) is 15.4 Å². The van der Waals surface area contributed by atoms with Crippen molar-refractivity contribution in [2.45, 2.75) is 105 Å². The first kappa shape index (κ1) is 55.0. The first-order chi connectivity index (χ1) is 35.9. The van der Waals surface area contributed by atoms with Crippen LogP contribution in [0.1, 0.15) is 89.8 Å². The number of carbonyl (C=O) groups is 4. The minimum absolute atomic E-state index is 0.0296. The maximum absolute atomic E-state index is 14.0. The summed E-state index contributed by atoms with van der Waals surface area (Å²) >= 11 is 9.47. The van der Waals surface area contributed by atoms with Crippen LogP contribution in [-0.4, -0.2) is 138 Å². The Balaban J connectivity index is 0.715. The number of hydrogen-bond acceptors (Lipinski definition) is 16. The third-order valence-corrected chi connectivity index (χ3v) is 15.3. The van der Waals surface area contributed by atoms with E-state index in [9.17, 15) is 24.3 Å². The van der Waals surface area contributed by atoms with Crippen molar-refractivity contribution in [3.63, 3.8) is 0 Å². The topological polar surface area (TPSA) is 242 Å². The Labute approximate surface area is 448 Å². The van der Waals surface area contributed by atoms with E-state index in [1.807, 2.05) is 93.2 Å². The van der Waals surface area contributed by atoms with Gasteiger partial charge in [0.25, 0.3) is 0 Å².